The van der Waals surface area contributed by atoms with E-state index in [0.29, 0.717) is 24.8 Å². The van der Waals surface area contributed by atoms with Crippen molar-refractivity contribution in [1.82, 2.24) is 10.3 Å². The van der Waals surface area contributed by atoms with Crippen LogP contribution >= 0.6 is 11.8 Å². The average molecular weight is 332 g/mol. The molecule has 2 aromatic rings. The molecule has 0 saturated heterocycles. The van der Waals surface area contributed by atoms with E-state index < -0.39 is 0 Å². The number of carbonyl (C=O) groups is 1. The number of nitrogens with one attached hydrogen (secondary N) is 1. The minimum atomic E-state index is -0.0142. The Balaban J connectivity index is 1.73. The van der Waals surface area contributed by atoms with Crippen LogP contribution < -0.4 is 14.8 Å². The Kier molecular flexibility index (Phi) is 6.75. The highest BCUT2D eigenvalue weighted by Gasteiger charge is 2.04. The summed E-state index contributed by atoms with van der Waals surface area (Å²) in [5, 5.41) is 2.87. The van der Waals surface area contributed by atoms with Crippen LogP contribution in [-0.2, 0) is 11.3 Å². The molecule has 0 aliphatic rings. The summed E-state index contributed by atoms with van der Waals surface area (Å²) in [7, 11) is 1.57. The maximum Gasteiger partial charge on any atom is 0.230 e. The summed E-state index contributed by atoms with van der Waals surface area (Å²) < 4.78 is 10.4. The van der Waals surface area contributed by atoms with Gasteiger partial charge in [-0.3, -0.25) is 4.79 Å². The fourth-order valence-corrected chi connectivity index (χ4v) is 2.56. The third kappa shape index (κ3) is 5.83. The molecular formula is C17H20N2O3S. The molecule has 1 N–H and O–H groups in total. The van der Waals surface area contributed by atoms with E-state index in [1.807, 2.05) is 37.3 Å². The van der Waals surface area contributed by atoms with E-state index in [-0.39, 0.29) is 5.91 Å². The molecule has 2 rings (SSSR count). The number of aromatic nitrogens is 1. The summed E-state index contributed by atoms with van der Waals surface area (Å²) in [4.78, 5) is 17.0. The zero-order valence-corrected chi connectivity index (χ0v) is 14.1. The molecule has 0 radical (unpaired) electrons. The highest BCUT2D eigenvalue weighted by Crippen LogP contribution is 2.21. The molecule has 6 heteroatoms. The first-order valence-electron chi connectivity index (χ1n) is 7.32. The maximum absolute atomic E-state index is 11.9. The van der Waals surface area contributed by atoms with E-state index in [2.05, 4.69) is 10.3 Å². The normalized spacial score (nSPS) is 10.2. The minimum Gasteiger partial charge on any atom is -0.494 e. The van der Waals surface area contributed by atoms with Gasteiger partial charge in [0.2, 0.25) is 11.8 Å². The molecule has 0 bridgehead atoms. The van der Waals surface area contributed by atoms with Gasteiger partial charge in [0.15, 0.2) is 0 Å². The van der Waals surface area contributed by atoms with Gasteiger partial charge in [0, 0.05) is 23.7 Å². The van der Waals surface area contributed by atoms with Crippen molar-refractivity contribution in [3.8, 4) is 11.6 Å². The lowest BCUT2D eigenvalue weighted by Gasteiger charge is -2.07. The third-order valence-electron chi connectivity index (χ3n) is 3.00. The van der Waals surface area contributed by atoms with Crippen LogP contribution in [0.5, 0.6) is 11.6 Å². The third-order valence-corrected chi connectivity index (χ3v) is 4.01. The predicted molar refractivity (Wildman–Crippen MR) is 91.0 cm³/mol. The van der Waals surface area contributed by atoms with Crippen LogP contribution in [-0.4, -0.2) is 30.4 Å². The van der Waals surface area contributed by atoms with Gasteiger partial charge in [-0.2, -0.15) is 0 Å². The van der Waals surface area contributed by atoms with Crippen molar-refractivity contribution in [3.05, 3.63) is 48.2 Å². The lowest BCUT2D eigenvalue weighted by Crippen LogP contribution is -2.24. The van der Waals surface area contributed by atoms with E-state index in [9.17, 15) is 4.79 Å². The van der Waals surface area contributed by atoms with Crippen molar-refractivity contribution in [2.24, 2.45) is 0 Å². The second-order valence-electron chi connectivity index (χ2n) is 4.68. The zero-order valence-electron chi connectivity index (χ0n) is 13.2. The Morgan fingerprint density at radius 3 is 2.61 bits per heavy atom. The van der Waals surface area contributed by atoms with Crippen LogP contribution in [0.1, 0.15) is 12.5 Å². The molecule has 1 heterocycles. The van der Waals surface area contributed by atoms with Crippen LogP contribution in [0.2, 0.25) is 0 Å². The lowest BCUT2D eigenvalue weighted by atomic mass is 10.3. The molecule has 122 valence electrons. The molecule has 5 nitrogen and oxygen atoms in total. The SMILES string of the molecule is CCOc1ccc(SCC(=O)NCc2ccc(OC)nc2)cc1. The Morgan fingerprint density at radius 2 is 2.00 bits per heavy atom. The molecule has 0 aliphatic carbocycles. The largest absolute Gasteiger partial charge is 0.494 e. The predicted octanol–water partition coefficient (Wildman–Crippen LogP) is 2.90. The quantitative estimate of drug-likeness (QED) is 0.753. The first-order chi connectivity index (χ1) is 11.2. The molecule has 0 spiro atoms. The van der Waals surface area contributed by atoms with Gasteiger partial charge in [-0.15, -0.1) is 11.8 Å². The van der Waals surface area contributed by atoms with Crippen molar-refractivity contribution in [2.45, 2.75) is 18.4 Å². The molecule has 0 fully saturated rings. The van der Waals surface area contributed by atoms with Crippen LogP contribution in [0, 0.1) is 0 Å². The smallest absolute Gasteiger partial charge is 0.230 e. The van der Waals surface area contributed by atoms with Gasteiger partial charge in [0.05, 0.1) is 19.5 Å². The number of hydrogen-bond acceptors (Lipinski definition) is 5. The van der Waals surface area contributed by atoms with Crippen LogP contribution in [0.15, 0.2) is 47.5 Å². The second kappa shape index (κ2) is 9.05. The van der Waals surface area contributed by atoms with Gasteiger partial charge in [-0.1, -0.05) is 6.07 Å². The molecule has 1 aromatic heterocycles. The molecular weight excluding hydrogens is 312 g/mol. The Morgan fingerprint density at radius 1 is 1.22 bits per heavy atom. The average Bonchev–Trinajstić information content (AvgIpc) is 2.60. The topological polar surface area (TPSA) is 60.5 Å². The fourth-order valence-electron chi connectivity index (χ4n) is 1.84. The number of rotatable bonds is 8. The summed E-state index contributed by atoms with van der Waals surface area (Å²) in [5.41, 5.74) is 0.935. The first kappa shape index (κ1) is 17.1. The van der Waals surface area contributed by atoms with E-state index in [4.69, 9.17) is 9.47 Å². The number of nitrogens with zero attached hydrogens (tertiary/aromatic N) is 1. The number of pyridine rings is 1. The summed E-state index contributed by atoms with van der Waals surface area (Å²) in [5.74, 6) is 1.76. The number of amides is 1. The molecule has 0 aliphatic heterocycles. The van der Waals surface area contributed by atoms with Gasteiger partial charge in [-0.25, -0.2) is 4.98 Å². The summed E-state index contributed by atoms with van der Waals surface area (Å²) in [6.45, 7) is 3.06. The molecule has 0 unspecified atom stereocenters. The number of methoxy groups -OCH3 is 1. The van der Waals surface area contributed by atoms with Crippen molar-refractivity contribution >= 4 is 17.7 Å². The highest BCUT2D eigenvalue weighted by molar-refractivity contribution is 8.00. The Bertz CT molecular complexity index is 615. The molecule has 0 atom stereocenters. The van der Waals surface area contributed by atoms with Crippen LogP contribution in [0.25, 0.3) is 0 Å². The zero-order chi connectivity index (χ0) is 16.5. The van der Waals surface area contributed by atoms with E-state index in [0.717, 1.165) is 16.2 Å². The van der Waals surface area contributed by atoms with Crippen LogP contribution in [0.4, 0.5) is 0 Å². The Labute approximate surface area is 140 Å². The summed E-state index contributed by atoms with van der Waals surface area (Å²) in [6.07, 6.45) is 1.69. The fraction of sp³-hybridized carbons (Fsp3) is 0.294. The molecule has 23 heavy (non-hydrogen) atoms. The highest BCUT2D eigenvalue weighted by atomic mass is 32.2. The number of thioether (sulfide) groups is 1. The van der Waals surface area contributed by atoms with Gasteiger partial charge in [0.25, 0.3) is 0 Å². The van der Waals surface area contributed by atoms with Crippen molar-refractivity contribution in [1.29, 1.82) is 0 Å². The summed E-state index contributed by atoms with van der Waals surface area (Å²) in [6, 6.07) is 11.4. The Hall–Kier alpha value is -2.21. The number of benzene rings is 1. The first-order valence-corrected chi connectivity index (χ1v) is 8.31. The monoisotopic (exact) mass is 332 g/mol. The molecule has 1 aromatic carbocycles. The standard InChI is InChI=1S/C17H20N2O3S/c1-3-22-14-5-7-15(8-6-14)23-12-16(20)18-10-13-4-9-17(21-2)19-11-13/h4-9,11H,3,10,12H2,1-2H3,(H,18,20). The van der Waals surface area contributed by atoms with Crippen molar-refractivity contribution in [3.63, 3.8) is 0 Å². The van der Waals surface area contributed by atoms with Gasteiger partial charge in [0.1, 0.15) is 5.75 Å². The van der Waals surface area contributed by atoms with E-state index >= 15 is 0 Å². The summed E-state index contributed by atoms with van der Waals surface area (Å²) >= 11 is 1.49. The maximum atomic E-state index is 11.9. The number of carbonyl (C=O) groups excluding carboxylic acids is 1. The molecule has 1 amide bonds. The van der Waals surface area contributed by atoms with Crippen molar-refractivity contribution in [2.75, 3.05) is 19.5 Å². The van der Waals surface area contributed by atoms with Gasteiger partial charge >= 0.3 is 0 Å². The lowest BCUT2D eigenvalue weighted by molar-refractivity contribution is -0.118. The number of hydrogen-bond donors (Lipinski definition) is 1. The van der Waals surface area contributed by atoms with Crippen LogP contribution in [0.3, 0.4) is 0 Å². The van der Waals surface area contributed by atoms with Crippen molar-refractivity contribution < 1.29 is 14.3 Å². The van der Waals surface area contributed by atoms with Gasteiger partial charge in [-0.05, 0) is 36.8 Å². The van der Waals surface area contributed by atoms with E-state index in [1.165, 1.54) is 11.8 Å². The molecule has 0 saturated carbocycles. The number of ether oxygens (including phenoxy) is 2. The van der Waals surface area contributed by atoms with E-state index in [1.54, 1.807) is 19.4 Å². The second-order valence-corrected chi connectivity index (χ2v) is 5.73. The van der Waals surface area contributed by atoms with Gasteiger partial charge < -0.3 is 14.8 Å². The minimum absolute atomic E-state index is 0.0142.